The van der Waals surface area contributed by atoms with Crippen molar-refractivity contribution in [1.82, 2.24) is 9.97 Å². The number of nitrogens with zero attached hydrogens (tertiary/aromatic N) is 2. The van der Waals surface area contributed by atoms with Gasteiger partial charge in [-0.1, -0.05) is 25.7 Å². The van der Waals surface area contributed by atoms with Crippen LogP contribution in [0.1, 0.15) is 48.4 Å². The molecule has 2 N–H and O–H groups in total. The molecule has 0 atom stereocenters. The summed E-state index contributed by atoms with van der Waals surface area (Å²) in [6, 6.07) is 3.10. The molecule has 0 bridgehead atoms. The van der Waals surface area contributed by atoms with Gasteiger partial charge in [0.1, 0.15) is 16.5 Å². The van der Waals surface area contributed by atoms with Crippen molar-refractivity contribution in [2.24, 2.45) is 5.73 Å². The molecule has 0 saturated heterocycles. The van der Waals surface area contributed by atoms with Crippen LogP contribution in [0.25, 0.3) is 11.4 Å². The third kappa shape index (κ3) is 2.99. The predicted octanol–water partition coefficient (Wildman–Crippen LogP) is 4.16. The van der Waals surface area contributed by atoms with E-state index in [9.17, 15) is 4.39 Å². The van der Waals surface area contributed by atoms with Gasteiger partial charge in [0.05, 0.1) is 17.4 Å². The lowest BCUT2D eigenvalue weighted by Crippen LogP contribution is -2.35. The number of hydrogen-bond donors (Lipinski definition) is 1. The Hall–Kier alpha value is -1.33. The molecule has 1 aliphatic rings. The lowest BCUT2D eigenvalue weighted by molar-refractivity contribution is 0.384. The minimum atomic E-state index is -0.328. The molecule has 21 heavy (non-hydrogen) atoms. The second-order valence-corrected chi connectivity index (χ2v) is 7.06. The number of rotatable bonds is 2. The first-order valence-corrected chi connectivity index (χ1v) is 8.29. The Labute approximate surface area is 128 Å². The maximum Gasteiger partial charge on any atom is 0.141 e. The van der Waals surface area contributed by atoms with Crippen molar-refractivity contribution in [3.05, 3.63) is 34.0 Å². The molecule has 2 aromatic heterocycles. The molecule has 3 rings (SSSR count). The molecular formula is C16H20FN3S. The van der Waals surface area contributed by atoms with Crippen molar-refractivity contribution in [2.75, 3.05) is 0 Å². The van der Waals surface area contributed by atoms with Gasteiger partial charge in [0, 0.05) is 4.88 Å². The third-order valence-electron chi connectivity index (χ3n) is 4.19. The van der Waals surface area contributed by atoms with Crippen molar-refractivity contribution in [3.8, 4) is 11.4 Å². The zero-order chi connectivity index (χ0) is 14.9. The van der Waals surface area contributed by atoms with Gasteiger partial charge in [0.15, 0.2) is 0 Å². The highest BCUT2D eigenvalue weighted by molar-refractivity contribution is 7.12. The van der Waals surface area contributed by atoms with E-state index in [-0.39, 0.29) is 11.4 Å². The van der Waals surface area contributed by atoms with Gasteiger partial charge in [0.25, 0.3) is 0 Å². The summed E-state index contributed by atoms with van der Waals surface area (Å²) in [6.07, 6.45) is 8.08. The van der Waals surface area contributed by atoms with E-state index < -0.39 is 0 Å². The summed E-state index contributed by atoms with van der Waals surface area (Å²) in [5.74, 6) is -0.328. The molecule has 5 heteroatoms. The monoisotopic (exact) mass is 305 g/mol. The fraction of sp³-hybridized carbons (Fsp3) is 0.500. The Morgan fingerprint density at radius 1 is 1.19 bits per heavy atom. The number of nitrogens with two attached hydrogens (primary N) is 1. The Morgan fingerprint density at radius 2 is 1.90 bits per heavy atom. The second kappa shape index (κ2) is 5.81. The van der Waals surface area contributed by atoms with Crippen LogP contribution in [0.4, 0.5) is 4.39 Å². The minimum Gasteiger partial charge on any atom is -0.319 e. The van der Waals surface area contributed by atoms with Gasteiger partial charge in [-0.05, 0) is 31.9 Å². The maximum absolute atomic E-state index is 13.0. The fourth-order valence-electron chi connectivity index (χ4n) is 2.94. The first-order valence-electron chi connectivity index (χ1n) is 7.47. The summed E-state index contributed by atoms with van der Waals surface area (Å²) < 4.78 is 13.0. The highest BCUT2D eigenvalue weighted by Crippen LogP contribution is 2.38. The van der Waals surface area contributed by atoms with Gasteiger partial charge in [-0.2, -0.15) is 0 Å². The Bertz CT molecular complexity index is 613. The second-order valence-electron chi connectivity index (χ2n) is 5.86. The average Bonchev–Trinajstić information content (AvgIpc) is 2.72. The number of pyridine rings is 1. The van der Waals surface area contributed by atoms with Crippen LogP contribution in [0.5, 0.6) is 0 Å². The largest absolute Gasteiger partial charge is 0.319 e. The van der Waals surface area contributed by atoms with Crippen LogP contribution in [0.3, 0.4) is 0 Å². The number of thiazole rings is 1. The van der Waals surface area contributed by atoms with E-state index >= 15 is 0 Å². The molecule has 0 aliphatic heterocycles. The van der Waals surface area contributed by atoms with Gasteiger partial charge < -0.3 is 5.73 Å². The highest BCUT2D eigenvalue weighted by atomic mass is 32.1. The SMILES string of the molecule is Cc1sc(C2(N)CCCCCC2)nc1-c1ccc(F)cn1. The molecule has 1 saturated carbocycles. The summed E-state index contributed by atoms with van der Waals surface area (Å²) in [5, 5.41) is 1.00. The first kappa shape index (κ1) is 14.6. The lowest BCUT2D eigenvalue weighted by atomic mass is 9.92. The number of aryl methyl sites for hydroxylation is 1. The average molecular weight is 305 g/mol. The van der Waals surface area contributed by atoms with E-state index in [1.54, 1.807) is 17.4 Å². The molecule has 1 fully saturated rings. The maximum atomic E-state index is 13.0. The molecule has 0 spiro atoms. The number of halogens is 1. The van der Waals surface area contributed by atoms with E-state index in [0.717, 1.165) is 28.4 Å². The molecule has 2 heterocycles. The molecule has 0 radical (unpaired) electrons. The Balaban J connectivity index is 1.95. The quantitative estimate of drug-likeness (QED) is 0.848. The van der Waals surface area contributed by atoms with Gasteiger partial charge in [-0.15, -0.1) is 11.3 Å². The number of hydrogen-bond acceptors (Lipinski definition) is 4. The molecule has 1 aliphatic carbocycles. The van der Waals surface area contributed by atoms with Gasteiger partial charge in [-0.3, -0.25) is 4.98 Å². The third-order valence-corrected chi connectivity index (χ3v) is 5.38. The van der Waals surface area contributed by atoms with Gasteiger partial charge in [-0.25, -0.2) is 9.37 Å². The molecule has 0 unspecified atom stereocenters. The van der Waals surface area contributed by atoms with Crippen molar-refractivity contribution < 1.29 is 4.39 Å². The number of aromatic nitrogens is 2. The van der Waals surface area contributed by atoms with E-state index in [0.29, 0.717) is 5.69 Å². The van der Waals surface area contributed by atoms with Crippen molar-refractivity contribution in [3.63, 3.8) is 0 Å². The van der Waals surface area contributed by atoms with Gasteiger partial charge in [0.2, 0.25) is 0 Å². The normalized spacial score (nSPS) is 18.4. The lowest BCUT2D eigenvalue weighted by Gasteiger charge is -2.25. The summed E-state index contributed by atoms with van der Waals surface area (Å²) in [6.45, 7) is 2.03. The van der Waals surface area contributed by atoms with Gasteiger partial charge >= 0.3 is 0 Å². The Morgan fingerprint density at radius 3 is 2.52 bits per heavy atom. The zero-order valence-electron chi connectivity index (χ0n) is 12.2. The summed E-state index contributed by atoms with van der Waals surface area (Å²) in [5.41, 5.74) is 7.88. The van der Waals surface area contributed by atoms with E-state index in [1.807, 2.05) is 6.92 Å². The van der Waals surface area contributed by atoms with Crippen LogP contribution in [0, 0.1) is 12.7 Å². The fourth-order valence-corrected chi connectivity index (χ4v) is 4.02. The van der Waals surface area contributed by atoms with Crippen LogP contribution in [0.15, 0.2) is 18.3 Å². The molecule has 2 aromatic rings. The summed E-state index contributed by atoms with van der Waals surface area (Å²) in [4.78, 5) is 9.99. The van der Waals surface area contributed by atoms with E-state index in [2.05, 4.69) is 4.98 Å². The predicted molar refractivity (Wildman–Crippen MR) is 83.6 cm³/mol. The van der Waals surface area contributed by atoms with Crippen LogP contribution in [0.2, 0.25) is 0 Å². The highest BCUT2D eigenvalue weighted by Gasteiger charge is 2.32. The topological polar surface area (TPSA) is 51.8 Å². The molecule has 0 amide bonds. The minimum absolute atomic E-state index is 0.301. The smallest absolute Gasteiger partial charge is 0.141 e. The Kier molecular flexibility index (Phi) is 4.04. The first-order chi connectivity index (χ1) is 10.1. The van der Waals surface area contributed by atoms with Crippen molar-refractivity contribution in [1.29, 1.82) is 0 Å². The van der Waals surface area contributed by atoms with Crippen LogP contribution >= 0.6 is 11.3 Å². The molecule has 112 valence electrons. The summed E-state index contributed by atoms with van der Waals surface area (Å²) in [7, 11) is 0. The van der Waals surface area contributed by atoms with Crippen LogP contribution in [-0.2, 0) is 5.54 Å². The van der Waals surface area contributed by atoms with Crippen molar-refractivity contribution >= 4 is 11.3 Å². The standard InChI is InChI=1S/C16H20FN3S/c1-11-14(13-7-6-12(17)10-19-13)20-15(21-11)16(18)8-4-2-3-5-9-16/h6-7,10H,2-5,8-9,18H2,1H3. The van der Waals surface area contributed by atoms with Crippen LogP contribution in [-0.4, -0.2) is 9.97 Å². The molecular weight excluding hydrogens is 285 g/mol. The van der Waals surface area contributed by atoms with E-state index in [4.69, 9.17) is 10.7 Å². The molecule has 3 nitrogen and oxygen atoms in total. The summed E-state index contributed by atoms with van der Waals surface area (Å²) >= 11 is 1.66. The van der Waals surface area contributed by atoms with Crippen molar-refractivity contribution in [2.45, 2.75) is 51.0 Å². The zero-order valence-corrected chi connectivity index (χ0v) is 13.0. The molecule has 0 aromatic carbocycles. The van der Waals surface area contributed by atoms with E-state index in [1.165, 1.54) is 37.9 Å². The van der Waals surface area contributed by atoms with Crippen LogP contribution < -0.4 is 5.73 Å².